The van der Waals surface area contributed by atoms with E-state index in [1.54, 1.807) is 41.6 Å². The van der Waals surface area contributed by atoms with Crippen LogP contribution in [-0.2, 0) is 0 Å². The lowest BCUT2D eigenvalue weighted by Crippen LogP contribution is -2.31. The number of nitrogens with zero attached hydrogens (tertiary/aromatic N) is 4. The van der Waals surface area contributed by atoms with Crippen LogP contribution in [0.4, 0.5) is 5.82 Å². The van der Waals surface area contributed by atoms with E-state index >= 15 is 0 Å². The van der Waals surface area contributed by atoms with Gasteiger partial charge in [0.15, 0.2) is 5.82 Å². The lowest BCUT2D eigenvalue weighted by atomic mass is 10.2. The van der Waals surface area contributed by atoms with Crippen molar-refractivity contribution in [1.29, 1.82) is 0 Å². The first-order valence-corrected chi connectivity index (χ1v) is 8.11. The van der Waals surface area contributed by atoms with Crippen LogP contribution in [0.15, 0.2) is 36.7 Å². The van der Waals surface area contributed by atoms with E-state index in [-0.39, 0.29) is 12.0 Å². The number of aromatic nitrogens is 2. The summed E-state index contributed by atoms with van der Waals surface area (Å²) in [5.74, 6) is 1.21. The van der Waals surface area contributed by atoms with E-state index in [2.05, 4.69) is 9.97 Å². The first-order chi connectivity index (χ1) is 11.5. The Morgan fingerprint density at radius 1 is 1.29 bits per heavy atom. The quantitative estimate of drug-likeness (QED) is 0.851. The summed E-state index contributed by atoms with van der Waals surface area (Å²) in [5.41, 5.74) is 0.634. The van der Waals surface area contributed by atoms with Gasteiger partial charge in [0.05, 0.1) is 18.9 Å². The number of carbonyl (C=O) groups is 1. The molecule has 0 saturated carbocycles. The summed E-state index contributed by atoms with van der Waals surface area (Å²) < 4.78 is 5.89. The van der Waals surface area contributed by atoms with E-state index in [9.17, 15) is 4.79 Å². The maximum Gasteiger partial charge on any atom is 0.253 e. The highest BCUT2D eigenvalue weighted by Crippen LogP contribution is 2.20. The van der Waals surface area contributed by atoms with Crippen molar-refractivity contribution in [2.24, 2.45) is 0 Å². The zero-order valence-corrected chi connectivity index (χ0v) is 14.4. The highest BCUT2D eigenvalue weighted by atomic mass is 35.5. The Bertz CT molecular complexity index is 721. The van der Waals surface area contributed by atoms with Gasteiger partial charge in [-0.1, -0.05) is 11.6 Å². The van der Waals surface area contributed by atoms with E-state index in [0.717, 1.165) is 12.2 Å². The van der Waals surface area contributed by atoms with Gasteiger partial charge in [0.25, 0.3) is 5.91 Å². The SMILES string of the molecule is CN(C)c1cncc(OC2CCN(C(=O)c3ccc(Cl)cc3)C2)n1. The number of hydrogen-bond donors (Lipinski definition) is 0. The van der Waals surface area contributed by atoms with E-state index < -0.39 is 0 Å². The number of benzene rings is 1. The summed E-state index contributed by atoms with van der Waals surface area (Å²) in [5, 5.41) is 0.619. The normalized spacial score (nSPS) is 17.0. The molecule has 0 radical (unpaired) electrons. The minimum absolute atomic E-state index is 0.00843. The van der Waals surface area contributed by atoms with E-state index in [1.807, 2.05) is 19.0 Å². The highest BCUT2D eigenvalue weighted by Gasteiger charge is 2.28. The molecule has 126 valence electrons. The Hall–Kier alpha value is -2.34. The topological polar surface area (TPSA) is 58.6 Å². The average molecular weight is 347 g/mol. The summed E-state index contributed by atoms with van der Waals surface area (Å²) >= 11 is 5.86. The van der Waals surface area contributed by atoms with Crippen molar-refractivity contribution < 1.29 is 9.53 Å². The molecule has 7 heteroatoms. The Labute approximate surface area is 146 Å². The van der Waals surface area contributed by atoms with Crippen LogP contribution in [-0.4, -0.2) is 54.1 Å². The zero-order valence-electron chi connectivity index (χ0n) is 13.6. The molecule has 1 aromatic carbocycles. The predicted octanol–water partition coefficient (Wildman–Crippen LogP) is 2.49. The van der Waals surface area contributed by atoms with Crippen molar-refractivity contribution in [3.8, 4) is 5.88 Å². The van der Waals surface area contributed by atoms with Crippen molar-refractivity contribution >= 4 is 23.3 Å². The Balaban J connectivity index is 1.62. The third-order valence-electron chi connectivity index (χ3n) is 3.87. The monoisotopic (exact) mass is 346 g/mol. The first kappa shape index (κ1) is 16.5. The van der Waals surface area contributed by atoms with Gasteiger partial charge < -0.3 is 14.5 Å². The van der Waals surface area contributed by atoms with Crippen LogP contribution in [0.5, 0.6) is 5.88 Å². The summed E-state index contributed by atoms with van der Waals surface area (Å²) in [6.07, 6.45) is 3.97. The van der Waals surface area contributed by atoms with E-state index in [1.165, 1.54) is 0 Å². The van der Waals surface area contributed by atoms with Crippen molar-refractivity contribution in [2.45, 2.75) is 12.5 Å². The molecule has 1 amide bonds. The van der Waals surface area contributed by atoms with Gasteiger partial charge in [0.1, 0.15) is 6.10 Å². The molecule has 0 bridgehead atoms. The van der Waals surface area contributed by atoms with Gasteiger partial charge in [-0.25, -0.2) is 0 Å². The second-order valence-electron chi connectivity index (χ2n) is 5.90. The Morgan fingerprint density at radius 2 is 2.04 bits per heavy atom. The van der Waals surface area contributed by atoms with Gasteiger partial charge in [-0.05, 0) is 24.3 Å². The molecule has 0 aliphatic carbocycles. The first-order valence-electron chi connectivity index (χ1n) is 7.74. The predicted molar refractivity (Wildman–Crippen MR) is 92.7 cm³/mol. The number of hydrogen-bond acceptors (Lipinski definition) is 5. The number of ether oxygens (including phenoxy) is 1. The number of anilines is 1. The van der Waals surface area contributed by atoms with Gasteiger partial charge >= 0.3 is 0 Å². The molecule has 1 aromatic heterocycles. The van der Waals surface area contributed by atoms with Crippen LogP contribution >= 0.6 is 11.6 Å². The molecule has 24 heavy (non-hydrogen) atoms. The molecule has 2 aromatic rings. The van der Waals surface area contributed by atoms with Gasteiger partial charge in [0.2, 0.25) is 5.88 Å². The summed E-state index contributed by atoms with van der Waals surface area (Å²) in [6, 6.07) is 6.93. The van der Waals surface area contributed by atoms with Crippen molar-refractivity contribution in [2.75, 3.05) is 32.1 Å². The highest BCUT2D eigenvalue weighted by molar-refractivity contribution is 6.30. The second kappa shape index (κ2) is 7.05. The molecule has 1 saturated heterocycles. The fraction of sp³-hybridized carbons (Fsp3) is 0.353. The third-order valence-corrected chi connectivity index (χ3v) is 4.12. The van der Waals surface area contributed by atoms with Gasteiger partial charge in [0, 0.05) is 37.6 Å². The minimum atomic E-state index is -0.0760. The van der Waals surface area contributed by atoms with Gasteiger partial charge in [-0.3, -0.25) is 9.78 Å². The van der Waals surface area contributed by atoms with Gasteiger partial charge in [-0.15, -0.1) is 0 Å². The molecular formula is C17H19ClN4O2. The van der Waals surface area contributed by atoms with E-state index in [4.69, 9.17) is 16.3 Å². The number of carbonyl (C=O) groups excluding carboxylic acids is 1. The standard InChI is InChI=1S/C17H19ClN4O2/c1-21(2)15-9-19-10-16(20-15)24-14-7-8-22(11-14)17(23)12-3-5-13(18)6-4-12/h3-6,9-10,14H,7-8,11H2,1-2H3. The van der Waals surface area contributed by atoms with Crippen LogP contribution in [0.1, 0.15) is 16.8 Å². The maximum absolute atomic E-state index is 12.5. The largest absolute Gasteiger partial charge is 0.471 e. The molecule has 1 aliphatic rings. The molecule has 3 rings (SSSR count). The lowest BCUT2D eigenvalue weighted by molar-refractivity contribution is 0.0771. The molecule has 1 aliphatic heterocycles. The summed E-state index contributed by atoms with van der Waals surface area (Å²) in [6.45, 7) is 1.20. The minimum Gasteiger partial charge on any atom is -0.471 e. The molecule has 1 atom stereocenters. The molecule has 1 unspecified atom stereocenters. The van der Waals surface area contributed by atoms with E-state index in [0.29, 0.717) is 29.6 Å². The van der Waals surface area contributed by atoms with Crippen molar-refractivity contribution in [3.05, 3.63) is 47.2 Å². The number of amides is 1. The number of halogens is 1. The van der Waals surface area contributed by atoms with Crippen LogP contribution in [0.25, 0.3) is 0 Å². The fourth-order valence-electron chi connectivity index (χ4n) is 2.57. The summed E-state index contributed by atoms with van der Waals surface area (Å²) in [7, 11) is 3.80. The molecule has 2 heterocycles. The third kappa shape index (κ3) is 3.76. The van der Waals surface area contributed by atoms with Crippen LogP contribution < -0.4 is 9.64 Å². The zero-order chi connectivity index (χ0) is 17.1. The smallest absolute Gasteiger partial charge is 0.253 e. The van der Waals surface area contributed by atoms with Crippen molar-refractivity contribution in [3.63, 3.8) is 0 Å². The second-order valence-corrected chi connectivity index (χ2v) is 6.33. The Kier molecular flexibility index (Phi) is 4.85. The van der Waals surface area contributed by atoms with Gasteiger partial charge in [-0.2, -0.15) is 4.98 Å². The Morgan fingerprint density at radius 3 is 2.75 bits per heavy atom. The van der Waals surface area contributed by atoms with Crippen LogP contribution in [0.3, 0.4) is 0 Å². The van der Waals surface area contributed by atoms with Crippen molar-refractivity contribution in [1.82, 2.24) is 14.9 Å². The molecule has 6 nitrogen and oxygen atoms in total. The average Bonchev–Trinajstić information content (AvgIpc) is 3.03. The van der Waals surface area contributed by atoms with Crippen LogP contribution in [0.2, 0.25) is 5.02 Å². The fourth-order valence-corrected chi connectivity index (χ4v) is 2.69. The molecule has 0 N–H and O–H groups in total. The number of likely N-dealkylation sites (tertiary alicyclic amines) is 1. The van der Waals surface area contributed by atoms with Crippen LogP contribution in [0, 0.1) is 0 Å². The molecular weight excluding hydrogens is 328 g/mol. The maximum atomic E-state index is 12.5. The molecule has 0 spiro atoms. The lowest BCUT2D eigenvalue weighted by Gasteiger charge is -2.17. The summed E-state index contributed by atoms with van der Waals surface area (Å²) in [4.78, 5) is 24.7. The molecule has 1 fully saturated rings. The number of rotatable bonds is 4.